The zero-order valence-electron chi connectivity index (χ0n) is 15.1. The highest BCUT2D eigenvalue weighted by atomic mass is 35.5. The first-order chi connectivity index (χ1) is 12.8. The number of aliphatic hydroxyl groups excluding tert-OH is 1. The van der Waals surface area contributed by atoms with Gasteiger partial charge in [-0.2, -0.15) is 5.10 Å². The van der Waals surface area contributed by atoms with Crippen LogP contribution in [-0.2, 0) is 6.54 Å². The molecule has 2 unspecified atom stereocenters. The number of rotatable bonds is 6. The summed E-state index contributed by atoms with van der Waals surface area (Å²) in [6, 6.07) is 20.4. The quantitative estimate of drug-likeness (QED) is 0.611. The molecule has 4 rings (SSSR count). The highest BCUT2D eigenvalue weighted by molar-refractivity contribution is 5.85. The molecule has 2 heterocycles. The number of para-hydroxylation sites is 1. The van der Waals surface area contributed by atoms with Crippen LogP contribution >= 0.6 is 12.4 Å². The Labute approximate surface area is 165 Å². The van der Waals surface area contributed by atoms with Crippen LogP contribution in [-0.4, -0.2) is 40.6 Å². The zero-order valence-corrected chi connectivity index (χ0v) is 15.9. The number of halogens is 1. The maximum atomic E-state index is 9.95. The maximum Gasteiger partial charge on any atom is 0.0972 e. The van der Waals surface area contributed by atoms with Crippen LogP contribution in [0.3, 0.4) is 0 Å². The standard InChI is InChI=1S/C21H24N4O.ClH/c26-20-14-23-12-17(20)11-22-13-18-15-25(19-9-5-2-6-10-19)24-21(18)16-7-3-1-4-8-16;/h1-10,15,17,20,22-23,26H,11-14H2;1H. The molecular weight excluding hydrogens is 360 g/mol. The molecular formula is C21H25ClN4O. The Balaban J connectivity index is 0.00000210. The van der Waals surface area contributed by atoms with Gasteiger partial charge < -0.3 is 15.7 Å². The van der Waals surface area contributed by atoms with E-state index in [0.717, 1.165) is 42.1 Å². The van der Waals surface area contributed by atoms with Gasteiger partial charge in [0.05, 0.1) is 17.5 Å². The van der Waals surface area contributed by atoms with Crippen LogP contribution in [0.4, 0.5) is 0 Å². The van der Waals surface area contributed by atoms with E-state index in [1.807, 2.05) is 41.1 Å². The van der Waals surface area contributed by atoms with Gasteiger partial charge in [-0.15, -0.1) is 12.4 Å². The van der Waals surface area contributed by atoms with Gasteiger partial charge in [0.2, 0.25) is 0 Å². The van der Waals surface area contributed by atoms with E-state index in [1.165, 1.54) is 0 Å². The molecule has 3 aromatic rings. The minimum Gasteiger partial charge on any atom is -0.391 e. The molecule has 0 saturated carbocycles. The predicted molar refractivity (Wildman–Crippen MR) is 110 cm³/mol. The summed E-state index contributed by atoms with van der Waals surface area (Å²) in [5, 5.41) is 21.5. The van der Waals surface area contributed by atoms with Gasteiger partial charge in [-0.3, -0.25) is 0 Å². The molecule has 6 heteroatoms. The van der Waals surface area contributed by atoms with Crippen molar-refractivity contribution in [2.24, 2.45) is 5.92 Å². The third-order valence-electron chi connectivity index (χ3n) is 4.88. The van der Waals surface area contributed by atoms with Gasteiger partial charge in [0.15, 0.2) is 0 Å². The fourth-order valence-electron chi connectivity index (χ4n) is 3.41. The fraction of sp³-hybridized carbons (Fsp3) is 0.286. The van der Waals surface area contributed by atoms with Gasteiger partial charge in [0, 0.05) is 49.4 Å². The monoisotopic (exact) mass is 384 g/mol. The predicted octanol–water partition coefficient (Wildman–Crippen LogP) is 2.63. The number of benzene rings is 2. The minimum absolute atomic E-state index is 0. The van der Waals surface area contributed by atoms with Crippen LogP contribution in [0.25, 0.3) is 16.9 Å². The Hall–Kier alpha value is -2.18. The molecule has 5 nitrogen and oxygen atoms in total. The lowest BCUT2D eigenvalue weighted by molar-refractivity contribution is 0.146. The second-order valence-corrected chi connectivity index (χ2v) is 6.77. The first kappa shape index (κ1) is 19.6. The van der Waals surface area contributed by atoms with Crippen LogP contribution in [0, 0.1) is 5.92 Å². The van der Waals surface area contributed by atoms with Crippen LogP contribution < -0.4 is 10.6 Å². The van der Waals surface area contributed by atoms with Gasteiger partial charge in [0.25, 0.3) is 0 Å². The normalized spacial score (nSPS) is 19.0. The lowest BCUT2D eigenvalue weighted by atomic mass is 10.1. The van der Waals surface area contributed by atoms with E-state index >= 15 is 0 Å². The number of nitrogens with one attached hydrogen (secondary N) is 2. The third-order valence-corrected chi connectivity index (χ3v) is 4.88. The number of β-amino-alcohol motifs (C(OH)–C–C–N with tert-alkyl or cyclic N) is 1. The van der Waals surface area contributed by atoms with Gasteiger partial charge in [-0.05, 0) is 12.1 Å². The van der Waals surface area contributed by atoms with E-state index in [1.54, 1.807) is 0 Å². The summed E-state index contributed by atoms with van der Waals surface area (Å²) >= 11 is 0. The maximum absolute atomic E-state index is 9.95. The average Bonchev–Trinajstić information content (AvgIpc) is 3.30. The molecule has 1 aliphatic heterocycles. The Morgan fingerprint density at radius 2 is 1.74 bits per heavy atom. The molecule has 1 saturated heterocycles. The zero-order chi connectivity index (χ0) is 17.8. The van der Waals surface area contributed by atoms with Crippen molar-refractivity contribution >= 4 is 12.4 Å². The first-order valence-corrected chi connectivity index (χ1v) is 9.10. The van der Waals surface area contributed by atoms with E-state index < -0.39 is 0 Å². The van der Waals surface area contributed by atoms with E-state index in [-0.39, 0.29) is 24.4 Å². The van der Waals surface area contributed by atoms with Crippen LogP contribution in [0.1, 0.15) is 5.56 Å². The third kappa shape index (κ3) is 4.57. The molecule has 3 N–H and O–H groups in total. The lowest BCUT2D eigenvalue weighted by Gasteiger charge is -2.14. The van der Waals surface area contributed by atoms with Crippen LogP contribution in [0.5, 0.6) is 0 Å². The highest BCUT2D eigenvalue weighted by Gasteiger charge is 2.24. The van der Waals surface area contributed by atoms with Crippen LogP contribution in [0.15, 0.2) is 66.9 Å². The lowest BCUT2D eigenvalue weighted by Crippen LogP contribution is -2.30. The van der Waals surface area contributed by atoms with Gasteiger partial charge >= 0.3 is 0 Å². The highest BCUT2D eigenvalue weighted by Crippen LogP contribution is 2.23. The van der Waals surface area contributed by atoms with Gasteiger partial charge in [-0.1, -0.05) is 48.5 Å². The SMILES string of the molecule is Cl.OC1CNCC1CNCc1cn(-c2ccccc2)nc1-c1ccccc1. The van der Waals surface area contributed by atoms with Crippen molar-refractivity contribution in [3.05, 3.63) is 72.4 Å². The average molecular weight is 385 g/mol. The summed E-state index contributed by atoms with van der Waals surface area (Å²) in [6.07, 6.45) is 1.83. The van der Waals surface area contributed by atoms with E-state index in [4.69, 9.17) is 5.10 Å². The molecule has 0 aliphatic carbocycles. The molecule has 0 amide bonds. The molecule has 27 heavy (non-hydrogen) atoms. The number of aromatic nitrogens is 2. The molecule has 2 aromatic carbocycles. The van der Waals surface area contributed by atoms with E-state index in [2.05, 4.69) is 41.1 Å². The largest absolute Gasteiger partial charge is 0.391 e. The minimum atomic E-state index is -0.261. The molecule has 1 fully saturated rings. The first-order valence-electron chi connectivity index (χ1n) is 9.10. The summed E-state index contributed by atoms with van der Waals surface area (Å²) in [6.45, 7) is 3.07. The Morgan fingerprint density at radius 3 is 2.41 bits per heavy atom. The number of hydrogen-bond acceptors (Lipinski definition) is 4. The molecule has 2 atom stereocenters. The summed E-state index contributed by atoms with van der Waals surface area (Å²) < 4.78 is 1.94. The smallest absolute Gasteiger partial charge is 0.0972 e. The van der Waals surface area contributed by atoms with Crippen molar-refractivity contribution in [1.82, 2.24) is 20.4 Å². The number of aliphatic hydroxyl groups is 1. The number of nitrogens with zero attached hydrogens (tertiary/aromatic N) is 2. The molecule has 142 valence electrons. The van der Waals surface area contributed by atoms with Crippen molar-refractivity contribution < 1.29 is 5.11 Å². The summed E-state index contributed by atoms with van der Waals surface area (Å²) in [5.74, 6) is 0.263. The van der Waals surface area contributed by atoms with Crippen LogP contribution in [0.2, 0.25) is 0 Å². The Kier molecular flexibility index (Phi) is 6.63. The van der Waals surface area contributed by atoms with Crippen molar-refractivity contribution in [3.63, 3.8) is 0 Å². The summed E-state index contributed by atoms with van der Waals surface area (Å²) in [7, 11) is 0. The molecule has 0 spiro atoms. The van der Waals surface area contributed by atoms with Gasteiger partial charge in [-0.25, -0.2) is 4.68 Å². The van der Waals surface area contributed by atoms with Crippen molar-refractivity contribution in [1.29, 1.82) is 0 Å². The molecule has 1 aliphatic rings. The second-order valence-electron chi connectivity index (χ2n) is 6.77. The topological polar surface area (TPSA) is 62.1 Å². The van der Waals surface area contributed by atoms with Crippen molar-refractivity contribution in [3.8, 4) is 16.9 Å². The fourth-order valence-corrected chi connectivity index (χ4v) is 3.41. The molecule has 0 bridgehead atoms. The number of hydrogen-bond donors (Lipinski definition) is 3. The molecule has 0 radical (unpaired) electrons. The Morgan fingerprint density at radius 1 is 1.04 bits per heavy atom. The molecule has 1 aromatic heterocycles. The summed E-state index contributed by atoms with van der Waals surface area (Å²) in [4.78, 5) is 0. The Bertz CT molecular complexity index is 838. The van der Waals surface area contributed by atoms with Crippen molar-refractivity contribution in [2.75, 3.05) is 19.6 Å². The van der Waals surface area contributed by atoms with Gasteiger partial charge in [0.1, 0.15) is 0 Å². The second kappa shape index (κ2) is 9.15. The van der Waals surface area contributed by atoms with E-state index in [9.17, 15) is 5.11 Å². The summed E-state index contributed by atoms with van der Waals surface area (Å²) in [5.41, 5.74) is 4.31. The van der Waals surface area contributed by atoms with E-state index in [0.29, 0.717) is 6.54 Å². The van der Waals surface area contributed by atoms with Crippen molar-refractivity contribution in [2.45, 2.75) is 12.6 Å².